The van der Waals surface area contributed by atoms with Gasteiger partial charge in [0.05, 0.1) is 0 Å². The van der Waals surface area contributed by atoms with Crippen LogP contribution in [0.25, 0.3) is 0 Å². The minimum absolute atomic E-state index is 0.0358. The Bertz CT molecular complexity index is 545. The van der Waals surface area contributed by atoms with Crippen molar-refractivity contribution in [2.45, 2.75) is 26.4 Å². The largest absolute Gasteiger partial charge is 0.399 e. The van der Waals surface area contributed by atoms with Crippen molar-refractivity contribution in [1.82, 2.24) is 9.80 Å². The van der Waals surface area contributed by atoms with Crippen LogP contribution in [0.15, 0.2) is 18.2 Å². The summed E-state index contributed by atoms with van der Waals surface area (Å²) >= 11 is 6.10. The monoisotopic (exact) mass is 295 g/mol. The van der Waals surface area contributed by atoms with Crippen molar-refractivity contribution in [2.75, 3.05) is 18.8 Å². The molecule has 1 fully saturated rings. The quantitative estimate of drug-likeness (QED) is 0.679. The van der Waals surface area contributed by atoms with Gasteiger partial charge < -0.3 is 15.5 Å². The summed E-state index contributed by atoms with van der Waals surface area (Å²) < 4.78 is 0. The first kappa shape index (κ1) is 14.7. The van der Waals surface area contributed by atoms with Crippen molar-refractivity contribution >= 4 is 29.1 Å². The van der Waals surface area contributed by atoms with Gasteiger partial charge in [-0.2, -0.15) is 0 Å². The van der Waals surface area contributed by atoms with Crippen LogP contribution in [0.5, 0.6) is 0 Å². The second-order valence-electron chi connectivity index (χ2n) is 5.17. The van der Waals surface area contributed by atoms with Gasteiger partial charge in [-0.1, -0.05) is 17.7 Å². The van der Waals surface area contributed by atoms with E-state index >= 15 is 0 Å². The Balaban J connectivity index is 2.11. The molecular weight excluding hydrogens is 278 g/mol. The molecule has 108 valence electrons. The smallest absolute Gasteiger partial charge is 0.312 e. The van der Waals surface area contributed by atoms with Gasteiger partial charge in [-0.15, -0.1) is 0 Å². The summed E-state index contributed by atoms with van der Waals surface area (Å²) in [4.78, 5) is 27.2. The van der Waals surface area contributed by atoms with Crippen LogP contribution in [0.1, 0.15) is 19.4 Å². The van der Waals surface area contributed by atoms with E-state index < -0.39 is 11.8 Å². The molecule has 1 saturated heterocycles. The molecule has 0 aliphatic carbocycles. The molecule has 20 heavy (non-hydrogen) atoms. The minimum atomic E-state index is -0.474. The number of rotatable bonds is 3. The predicted octanol–water partition coefficient (Wildman–Crippen LogP) is 1.50. The van der Waals surface area contributed by atoms with E-state index in [0.717, 1.165) is 5.56 Å². The first-order valence-corrected chi connectivity index (χ1v) is 6.91. The zero-order valence-electron chi connectivity index (χ0n) is 11.6. The van der Waals surface area contributed by atoms with Crippen molar-refractivity contribution in [3.8, 4) is 0 Å². The molecule has 0 atom stereocenters. The third kappa shape index (κ3) is 2.88. The molecular formula is C14H18ClN3O2. The normalized spacial score (nSPS) is 16.2. The van der Waals surface area contributed by atoms with Crippen molar-refractivity contribution < 1.29 is 9.59 Å². The SMILES string of the molecule is CC(C)N1CCN(Cc2ccc(N)cc2Cl)C(=O)C1=O. The maximum Gasteiger partial charge on any atom is 0.312 e. The Morgan fingerprint density at radius 1 is 1.25 bits per heavy atom. The first-order valence-electron chi connectivity index (χ1n) is 6.54. The molecule has 0 aromatic heterocycles. The molecule has 2 amide bonds. The summed E-state index contributed by atoms with van der Waals surface area (Å²) in [7, 11) is 0. The number of carbonyl (C=O) groups is 2. The number of nitrogens with zero attached hydrogens (tertiary/aromatic N) is 2. The Labute approximate surface area is 123 Å². The highest BCUT2D eigenvalue weighted by molar-refractivity contribution is 6.35. The lowest BCUT2D eigenvalue weighted by atomic mass is 10.1. The fourth-order valence-electron chi connectivity index (χ4n) is 2.23. The lowest BCUT2D eigenvalue weighted by Crippen LogP contribution is -2.55. The van der Waals surface area contributed by atoms with Crippen molar-refractivity contribution in [3.05, 3.63) is 28.8 Å². The summed E-state index contributed by atoms with van der Waals surface area (Å²) in [5.74, 6) is -0.921. The van der Waals surface area contributed by atoms with Gasteiger partial charge in [0, 0.05) is 36.4 Å². The van der Waals surface area contributed by atoms with E-state index in [4.69, 9.17) is 17.3 Å². The molecule has 0 spiro atoms. The number of benzene rings is 1. The molecule has 1 aliphatic rings. The lowest BCUT2D eigenvalue weighted by molar-refractivity contribution is -0.157. The van der Waals surface area contributed by atoms with E-state index in [1.54, 1.807) is 23.1 Å². The van der Waals surface area contributed by atoms with Crippen molar-refractivity contribution in [1.29, 1.82) is 0 Å². The molecule has 0 unspecified atom stereocenters. The van der Waals surface area contributed by atoms with Gasteiger partial charge in [-0.3, -0.25) is 9.59 Å². The summed E-state index contributed by atoms with van der Waals surface area (Å²) in [5, 5.41) is 0.511. The molecule has 2 rings (SSSR count). The van der Waals surface area contributed by atoms with Gasteiger partial charge in [-0.25, -0.2) is 0 Å². The van der Waals surface area contributed by atoms with Crippen molar-refractivity contribution in [2.24, 2.45) is 0 Å². The number of hydrogen-bond acceptors (Lipinski definition) is 3. The Kier molecular flexibility index (Phi) is 4.18. The Morgan fingerprint density at radius 3 is 2.55 bits per heavy atom. The van der Waals surface area contributed by atoms with Crippen LogP contribution in [0.2, 0.25) is 5.02 Å². The number of piperazine rings is 1. The average molecular weight is 296 g/mol. The van der Waals surface area contributed by atoms with E-state index in [1.807, 2.05) is 13.8 Å². The lowest BCUT2D eigenvalue weighted by Gasteiger charge is -2.36. The van der Waals surface area contributed by atoms with Gasteiger partial charge in [0.1, 0.15) is 0 Å². The maximum atomic E-state index is 12.1. The van der Waals surface area contributed by atoms with Crippen LogP contribution in [0.3, 0.4) is 0 Å². The number of nitrogens with two attached hydrogens (primary N) is 1. The minimum Gasteiger partial charge on any atom is -0.399 e. The molecule has 1 aliphatic heterocycles. The van der Waals surface area contributed by atoms with Crippen LogP contribution in [0.4, 0.5) is 5.69 Å². The molecule has 0 saturated carbocycles. The van der Waals surface area contributed by atoms with Gasteiger partial charge in [0.2, 0.25) is 0 Å². The first-order chi connectivity index (χ1) is 9.40. The molecule has 1 aromatic carbocycles. The Morgan fingerprint density at radius 2 is 1.95 bits per heavy atom. The third-order valence-electron chi connectivity index (χ3n) is 3.40. The zero-order valence-corrected chi connectivity index (χ0v) is 12.4. The highest BCUT2D eigenvalue weighted by Crippen LogP contribution is 2.22. The van der Waals surface area contributed by atoms with Gasteiger partial charge in [0.15, 0.2) is 0 Å². The molecule has 1 aromatic rings. The van der Waals surface area contributed by atoms with Crippen LogP contribution < -0.4 is 5.73 Å². The highest BCUT2D eigenvalue weighted by Gasteiger charge is 2.33. The number of anilines is 1. The van der Waals surface area contributed by atoms with E-state index in [9.17, 15) is 9.59 Å². The molecule has 0 radical (unpaired) electrons. The Hall–Kier alpha value is -1.75. The van der Waals surface area contributed by atoms with Crippen molar-refractivity contribution in [3.63, 3.8) is 0 Å². The number of carbonyl (C=O) groups excluding carboxylic acids is 2. The number of hydrogen-bond donors (Lipinski definition) is 1. The van der Waals surface area contributed by atoms with Crippen LogP contribution in [-0.2, 0) is 16.1 Å². The topological polar surface area (TPSA) is 66.6 Å². The van der Waals surface area contributed by atoms with Gasteiger partial charge >= 0.3 is 11.8 Å². The second kappa shape index (κ2) is 5.71. The predicted molar refractivity (Wildman–Crippen MR) is 78.1 cm³/mol. The van der Waals surface area contributed by atoms with E-state index in [-0.39, 0.29) is 6.04 Å². The fraction of sp³-hybridized carbons (Fsp3) is 0.429. The van der Waals surface area contributed by atoms with Crippen LogP contribution in [-0.4, -0.2) is 40.7 Å². The standard InChI is InChI=1S/C14H18ClN3O2/c1-9(2)18-6-5-17(13(19)14(18)20)8-10-3-4-11(16)7-12(10)15/h3-4,7,9H,5-6,8,16H2,1-2H3. The summed E-state index contributed by atoms with van der Waals surface area (Å²) in [5.41, 5.74) is 7.00. The van der Waals surface area contributed by atoms with Crippen LogP contribution >= 0.6 is 11.6 Å². The second-order valence-corrected chi connectivity index (χ2v) is 5.58. The van der Waals surface area contributed by atoms with E-state index in [0.29, 0.717) is 30.3 Å². The van der Waals surface area contributed by atoms with Gasteiger partial charge in [-0.05, 0) is 31.5 Å². The number of halogens is 1. The average Bonchev–Trinajstić information content (AvgIpc) is 2.37. The maximum absolute atomic E-state index is 12.1. The fourth-order valence-corrected chi connectivity index (χ4v) is 2.48. The molecule has 6 heteroatoms. The van der Waals surface area contributed by atoms with Gasteiger partial charge in [0.25, 0.3) is 0 Å². The summed E-state index contributed by atoms with van der Waals surface area (Å²) in [6, 6.07) is 5.20. The third-order valence-corrected chi connectivity index (χ3v) is 3.76. The highest BCUT2D eigenvalue weighted by atomic mass is 35.5. The summed E-state index contributed by atoms with van der Waals surface area (Å²) in [6.45, 7) is 5.20. The van der Waals surface area contributed by atoms with Crippen LogP contribution in [0, 0.1) is 0 Å². The molecule has 2 N–H and O–H groups in total. The van der Waals surface area contributed by atoms with E-state index in [1.165, 1.54) is 4.90 Å². The zero-order chi connectivity index (χ0) is 14.9. The number of nitrogen functional groups attached to an aromatic ring is 1. The van der Waals surface area contributed by atoms with E-state index in [2.05, 4.69) is 0 Å². The molecule has 1 heterocycles. The number of amides is 2. The molecule has 5 nitrogen and oxygen atoms in total. The molecule has 0 bridgehead atoms. The summed E-state index contributed by atoms with van der Waals surface area (Å²) in [6.07, 6.45) is 0.